The largest absolute Gasteiger partial charge is 0.434 e. The summed E-state index contributed by atoms with van der Waals surface area (Å²) < 4.78 is 66.8. The molecule has 0 aromatic carbocycles. The highest BCUT2D eigenvalue weighted by molar-refractivity contribution is 5.59. The minimum atomic E-state index is -4.72. The molecule has 2 N–H and O–H groups in total. The van der Waals surface area contributed by atoms with Gasteiger partial charge >= 0.3 is 6.18 Å². The number of aromatic nitrogens is 6. The van der Waals surface area contributed by atoms with Crippen molar-refractivity contribution in [3.63, 3.8) is 0 Å². The van der Waals surface area contributed by atoms with Crippen LogP contribution in [0, 0.1) is 6.57 Å². The molecule has 0 spiro atoms. The van der Waals surface area contributed by atoms with E-state index in [-0.39, 0.29) is 55.1 Å². The van der Waals surface area contributed by atoms with Crippen molar-refractivity contribution in [1.82, 2.24) is 29.9 Å². The van der Waals surface area contributed by atoms with Gasteiger partial charge in [-0.25, -0.2) is 20.3 Å². The highest BCUT2D eigenvalue weighted by Gasteiger charge is 2.54. The molecule has 192 valence electrons. The third-order valence-electron chi connectivity index (χ3n) is 6.27. The van der Waals surface area contributed by atoms with Crippen LogP contribution in [0.25, 0.3) is 16.4 Å². The van der Waals surface area contributed by atoms with Crippen LogP contribution in [0.1, 0.15) is 49.9 Å². The molecular formula is C23H20F5N9. The number of anilines is 3. The van der Waals surface area contributed by atoms with Gasteiger partial charge in [-0.3, -0.25) is 9.97 Å². The molecule has 0 radical (unpaired) electrons. The minimum absolute atomic E-state index is 0.00368. The maximum Gasteiger partial charge on any atom is 0.434 e. The molecule has 2 fully saturated rings. The van der Waals surface area contributed by atoms with Crippen LogP contribution in [0.3, 0.4) is 0 Å². The second-order valence-corrected chi connectivity index (χ2v) is 9.07. The summed E-state index contributed by atoms with van der Waals surface area (Å²) in [6.07, 6.45) is -0.350. The van der Waals surface area contributed by atoms with Gasteiger partial charge in [0, 0.05) is 43.6 Å². The first-order valence-electron chi connectivity index (χ1n) is 11.5. The summed E-state index contributed by atoms with van der Waals surface area (Å²) in [5.41, 5.74) is -0.997. The molecule has 0 aliphatic heterocycles. The number of pyridine rings is 1. The topological polar surface area (TPSA) is 106 Å². The second kappa shape index (κ2) is 9.13. The maximum atomic E-state index is 13.6. The first-order valence-corrected chi connectivity index (χ1v) is 11.5. The normalized spacial score (nSPS) is 18.6. The summed E-state index contributed by atoms with van der Waals surface area (Å²) in [7, 11) is 0. The van der Waals surface area contributed by atoms with E-state index in [2.05, 4.69) is 45.4 Å². The van der Waals surface area contributed by atoms with Crippen molar-refractivity contribution in [2.75, 3.05) is 10.6 Å². The minimum Gasteiger partial charge on any atom is -0.351 e. The van der Waals surface area contributed by atoms with Crippen LogP contribution >= 0.6 is 0 Å². The Kier molecular flexibility index (Phi) is 6.09. The van der Waals surface area contributed by atoms with Gasteiger partial charge < -0.3 is 15.5 Å². The summed E-state index contributed by atoms with van der Waals surface area (Å²) >= 11 is 0. The number of alkyl halides is 5. The van der Waals surface area contributed by atoms with Crippen LogP contribution in [0.15, 0.2) is 30.7 Å². The Labute approximate surface area is 207 Å². The van der Waals surface area contributed by atoms with Crippen molar-refractivity contribution < 1.29 is 22.0 Å². The number of nitrogens with zero attached hydrogens (tertiary/aromatic N) is 7. The van der Waals surface area contributed by atoms with Gasteiger partial charge in [-0.15, -0.1) is 0 Å². The van der Waals surface area contributed by atoms with Gasteiger partial charge in [0.2, 0.25) is 17.8 Å². The number of nitrogens with one attached hydrogen (secondary N) is 2. The summed E-state index contributed by atoms with van der Waals surface area (Å²) in [6.45, 7) is 7.44. The molecular weight excluding hydrogens is 497 g/mol. The summed E-state index contributed by atoms with van der Waals surface area (Å²) in [5.74, 6) is -2.94. The Morgan fingerprint density at radius 2 is 1.70 bits per heavy atom. The van der Waals surface area contributed by atoms with E-state index < -0.39 is 23.3 Å². The van der Waals surface area contributed by atoms with E-state index in [0.717, 1.165) is 6.20 Å². The Hall–Kier alpha value is -4.02. The van der Waals surface area contributed by atoms with Gasteiger partial charge in [0.1, 0.15) is 11.4 Å². The van der Waals surface area contributed by atoms with E-state index in [0.29, 0.717) is 30.4 Å². The maximum absolute atomic E-state index is 13.6. The fraction of sp³-hybridized carbons (Fsp3) is 0.435. The van der Waals surface area contributed by atoms with E-state index in [4.69, 9.17) is 6.57 Å². The lowest BCUT2D eigenvalue weighted by Crippen LogP contribution is -2.32. The molecule has 0 amide bonds. The Balaban J connectivity index is 1.47. The van der Waals surface area contributed by atoms with E-state index >= 15 is 0 Å². The first-order chi connectivity index (χ1) is 17.6. The zero-order valence-corrected chi connectivity index (χ0v) is 19.2. The molecule has 0 saturated heterocycles. The highest BCUT2D eigenvalue weighted by Crippen LogP contribution is 2.49. The molecule has 37 heavy (non-hydrogen) atoms. The van der Waals surface area contributed by atoms with Gasteiger partial charge in [-0.05, 0) is 25.0 Å². The van der Waals surface area contributed by atoms with Crippen LogP contribution in [-0.2, 0) is 11.7 Å². The summed E-state index contributed by atoms with van der Waals surface area (Å²) in [5, 5.41) is 5.97. The zero-order valence-electron chi connectivity index (χ0n) is 19.2. The standard InChI is InChI=1S/C23H20F5N9/c1-29-21(7-8-21)16-10-14(4-9-31-16)33-20-36-18(15-11-30-12-17(34-15)23(26,27)28)35-19(37-20)32-13-2-5-22(24,25)6-3-13/h4,9-13H,2-3,5-8H2,(H2,31,32,33,35,36,37). The number of rotatable bonds is 6. The molecule has 0 bridgehead atoms. The van der Waals surface area contributed by atoms with Gasteiger partial charge in [-0.1, -0.05) is 0 Å². The molecule has 3 heterocycles. The zero-order chi connectivity index (χ0) is 26.3. The summed E-state index contributed by atoms with van der Waals surface area (Å²) in [6, 6.07) is 2.97. The van der Waals surface area contributed by atoms with Crippen molar-refractivity contribution in [3.05, 3.63) is 53.5 Å². The number of halogens is 5. The third kappa shape index (κ3) is 5.55. The number of hydrogen-bond donors (Lipinski definition) is 2. The van der Waals surface area contributed by atoms with Crippen LogP contribution in [0.4, 0.5) is 39.5 Å². The van der Waals surface area contributed by atoms with Crippen molar-refractivity contribution in [1.29, 1.82) is 0 Å². The molecule has 2 aliphatic carbocycles. The highest BCUT2D eigenvalue weighted by atomic mass is 19.4. The van der Waals surface area contributed by atoms with Crippen molar-refractivity contribution in [2.24, 2.45) is 0 Å². The molecule has 2 saturated carbocycles. The lowest BCUT2D eigenvalue weighted by molar-refractivity contribution is -0.141. The quantitative estimate of drug-likeness (QED) is 0.332. The van der Waals surface area contributed by atoms with Crippen molar-refractivity contribution in [3.8, 4) is 11.5 Å². The van der Waals surface area contributed by atoms with Crippen LogP contribution in [-0.4, -0.2) is 41.9 Å². The molecule has 2 aliphatic rings. The fourth-order valence-electron chi connectivity index (χ4n) is 4.02. The van der Waals surface area contributed by atoms with Gasteiger partial charge in [-0.2, -0.15) is 28.1 Å². The van der Waals surface area contributed by atoms with Crippen LogP contribution in [0.5, 0.6) is 0 Å². The van der Waals surface area contributed by atoms with E-state index in [1.807, 2.05) is 0 Å². The number of hydrogen-bond acceptors (Lipinski definition) is 8. The lowest BCUT2D eigenvalue weighted by Gasteiger charge is -2.28. The van der Waals surface area contributed by atoms with Crippen molar-refractivity contribution in [2.45, 2.75) is 62.2 Å². The molecule has 3 aromatic heterocycles. The van der Waals surface area contributed by atoms with Gasteiger partial charge in [0.15, 0.2) is 11.5 Å². The predicted octanol–water partition coefficient (Wildman–Crippen LogP) is 5.38. The third-order valence-corrected chi connectivity index (χ3v) is 6.27. The Bertz CT molecular complexity index is 1340. The van der Waals surface area contributed by atoms with Crippen molar-refractivity contribution >= 4 is 17.6 Å². The SMILES string of the molecule is [C-]#[N+]C1(c2cc(Nc3nc(NC4CCC(F)(F)CC4)nc(-c4cncc(C(F)(F)F)n4)n3)ccn2)CC1. The smallest absolute Gasteiger partial charge is 0.351 e. The average molecular weight is 517 g/mol. The molecule has 9 nitrogen and oxygen atoms in total. The molecule has 0 unspecified atom stereocenters. The fourth-order valence-corrected chi connectivity index (χ4v) is 4.02. The van der Waals surface area contributed by atoms with Crippen LogP contribution in [0.2, 0.25) is 0 Å². The molecule has 5 rings (SSSR count). The second-order valence-electron chi connectivity index (χ2n) is 9.07. The molecule has 3 aromatic rings. The monoisotopic (exact) mass is 517 g/mol. The molecule has 14 heteroatoms. The van der Waals surface area contributed by atoms with E-state index in [1.165, 1.54) is 6.20 Å². The molecule has 0 atom stereocenters. The Morgan fingerprint density at radius 3 is 2.38 bits per heavy atom. The first kappa shape index (κ1) is 24.7. The predicted molar refractivity (Wildman–Crippen MR) is 122 cm³/mol. The Morgan fingerprint density at radius 1 is 0.973 bits per heavy atom. The van der Waals surface area contributed by atoms with Gasteiger partial charge in [0.25, 0.3) is 5.54 Å². The summed E-state index contributed by atoms with van der Waals surface area (Å²) in [4.78, 5) is 27.9. The van der Waals surface area contributed by atoms with Gasteiger partial charge in [0.05, 0.1) is 12.4 Å². The van der Waals surface area contributed by atoms with E-state index in [1.54, 1.807) is 12.1 Å². The lowest BCUT2D eigenvalue weighted by atomic mass is 9.92. The average Bonchev–Trinajstić information content (AvgIpc) is 3.67. The van der Waals surface area contributed by atoms with E-state index in [9.17, 15) is 22.0 Å². The van der Waals surface area contributed by atoms with Crippen LogP contribution < -0.4 is 10.6 Å².